The molecule has 6 nitrogen and oxygen atoms in total. The van der Waals surface area contributed by atoms with Gasteiger partial charge in [-0.1, -0.05) is 19.1 Å². The van der Waals surface area contributed by atoms with Crippen molar-refractivity contribution in [3.8, 4) is 0 Å². The lowest BCUT2D eigenvalue weighted by Crippen LogP contribution is -2.28. The van der Waals surface area contributed by atoms with Gasteiger partial charge < -0.3 is 15.5 Å². The molecule has 2 N–H and O–H groups in total. The number of hydrogen-bond acceptors (Lipinski definition) is 3. The molecule has 0 spiro atoms. The minimum atomic E-state index is -0.397. The third kappa shape index (κ3) is 4.47. The monoisotopic (exact) mass is 391 g/mol. The number of hydrogen-bond donors (Lipinski definition) is 2. The number of carbonyl (C=O) groups is 3. The Morgan fingerprint density at radius 1 is 1.03 bits per heavy atom. The van der Waals surface area contributed by atoms with Crippen molar-refractivity contribution in [2.24, 2.45) is 5.92 Å². The molecule has 6 heteroatoms. The lowest BCUT2D eigenvalue weighted by Gasteiger charge is -2.17. The first kappa shape index (κ1) is 19.2. The first-order chi connectivity index (χ1) is 14.0. The van der Waals surface area contributed by atoms with Gasteiger partial charge in [0.1, 0.15) is 0 Å². The summed E-state index contributed by atoms with van der Waals surface area (Å²) in [6.07, 6.45) is 3.23. The molecule has 4 rings (SSSR count). The van der Waals surface area contributed by atoms with Crippen molar-refractivity contribution >= 4 is 29.1 Å². The van der Waals surface area contributed by atoms with Crippen LogP contribution in [0, 0.1) is 5.92 Å². The summed E-state index contributed by atoms with van der Waals surface area (Å²) in [5.41, 5.74) is 3.24. The summed E-state index contributed by atoms with van der Waals surface area (Å²) in [5.74, 6) is -0.703. The van der Waals surface area contributed by atoms with Crippen LogP contribution in [0.2, 0.25) is 0 Å². The van der Waals surface area contributed by atoms with Gasteiger partial charge in [0.15, 0.2) is 0 Å². The maximum Gasteiger partial charge on any atom is 0.251 e. The van der Waals surface area contributed by atoms with E-state index in [1.54, 1.807) is 29.2 Å². The van der Waals surface area contributed by atoms with Crippen LogP contribution in [-0.4, -0.2) is 30.3 Å². The Morgan fingerprint density at radius 3 is 2.34 bits per heavy atom. The molecule has 0 radical (unpaired) electrons. The minimum absolute atomic E-state index is 0.0403. The van der Waals surface area contributed by atoms with Crippen molar-refractivity contribution in [3.05, 3.63) is 59.7 Å². The van der Waals surface area contributed by atoms with Gasteiger partial charge in [0.05, 0.1) is 5.92 Å². The summed E-state index contributed by atoms with van der Waals surface area (Å²) in [4.78, 5) is 38.8. The van der Waals surface area contributed by atoms with Crippen LogP contribution < -0.4 is 15.5 Å². The molecule has 1 saturated carbocycles. The Kier molecular flexibility index (Phi) is 5.34. The fraction of sp³-hybridized carbons (Fsp3) is 0.348. The van der Waals surface area contributed by atoms with Gasteiger partial charge >= 0.3 is 0 Å². The lowest BCUT2D eigenvalue weighted by atomic mass is 10.1. The fourth-order valence-corrected chi connectivity index (χ4v) is 3.49. The summed E-state index contributed by atoms with van der Waals surface area (Å²) in [7, 11) is 0. The van der Waals surface area contributed by atoms with Gasteiger partial charge in [-0.2, -0.15) is 0 Å². The molecule has 2 aromatic carbocycles. The highest BCUT2D eigenvalue weighted by molar-refractivity contribution is 6.03. The molecule has 1 atom stereocenters. The molecule has 2 aromatic rings. The van der Waals surface area contributed by atoms with Crippen molar-refractivity contribution in [2.75, 3.05) is 16.8 Å². The van der Waals surface area contributed by atoms with E-state index in [0.717, 1.165) is 24.9 Å². The molecule has 2 fully saturated rings. The summed E-state index contributed by atoms with van der Waals surface area (Å²) >= 11 is 0. The standard InChI is InChI=1S/C23H25N3O3/c1-2-15-3-11-20(12-4-15)26-14-17(13-21(26)27)23(29)25-18-7-5-16(6-8-18)22(28)24-19-9-10-19/h3-8,11-12,17,19H,2,9-10,13-14H2,1H3,(H,24,28)(H,25,29). The maximum atomic E-state index is 12.6. The van der Waals surface area contributed by atoms with E-state index in [2.05, 4.69) is 17.6 Å². The van der Waals surface area contributed by atoms with Gasteiger partial charge in [0.25, 0.3) is 5.91 Å². The Hall–Kier alpha value is -3.15. The van der Waals surface area contributed by atoms with E-state index in [-0.39, 0.29) is 24.1 Å². The Labute approximate surface area is 170 Å². The summed E-state index contributed by atoms with van der Waals surface area (Å²) in [5, 5.41) is 5.80. The van der Waals surface area contributed by atoms with Gasteiger partial charge in [0.2, 0.25) is 11.8 Å². The number of benzene rings is 2. The van der Waals surface area contributed by atoms with Crippen molar-refractivity contribution < 1.29 is 14.4 Å². The molecule has 0 bridgehead atoms. The second kappa shape index (κ2) is 8.07. The van der Waals surface area contributed by atoms with E-state index in [9.17, 15) is 14.4 Å². The van der Waals surface area contributed by atoms with Crippen molar-refractivity contribution in [1.29, 1.82) is 0 Å². The van der Waals surface area contributed by atoms with E-state index in [4.69, 9.17) is 0 Å². The molecule has 1 saturated heterocycles. The average Bonchev–Trinajstić information content (AvgIpc) is 3.47. The van der Waals surface area contributed by atoms with Crippen molar-refractivity contribution in [3.63, 3.8) is 0 Å². The molecule has 0 aromatic heterocycles. The molecule has 2 aliphatic rings. The van der Waals surface area contributed by atoms with E-state index in [1.807, 2.05) is 24.3 Å². The summed E-state index contributed by atoms with van der Waals surface area (Å²) in [6, 6.07) is 15.0. The van der Waals surface area contributed by atoms with Gasteiger partial charge in [-0.25, -0.2) is 0 Å². The molecule has 1 aliphatic heterocycles. The van der Waals surface area contributed by atoms with Crippen molar-refractivity contribution in [2.45, 2.75) is 38.6 Å². The number of rotatable bonds is 6. The summed E-state index contributed by atoms with van der Waals surface area (Å²) in [6.45, 7) is 2.46. The van der Waals surface area contributed by atoms with E-state index < -0.39 is 5.92 Å². The maximum absolute atomic E-state index is 12.6. The molecule has 3 amide bonds. The Balaban J connectivity index is 1.35. The molecule has 29 heavy (non-hydrogen) atoms. The predicted molar refractivity (Wildman–Crippen MR) is 112 cm³/mol. The number of aryl methyl sites for hydroxylation is 1. The van der Waals surface area contributed by atoms with Gasteiger partial charge in [-0.15, -0.1) is 0 Å². The zero-order chi connectivity index (χ0) is 20.4. The first-order valence-corrected chi connectivity index (χ1v) is 10.1. The quantitative estimate of drug-likeness (QED) is 0.794. The second-order valence-electron chi connectivity index (χ2n) is 7.74. The smallest absolute Gasteiger partial charge is 0.251 e. The zero-order valence-electron chi connectivity index (χ0n) is 16.5. The predicted octanol–water partition coefficient (Wildman–Crippen LogP) is 3.13. The second-order valence-corrected chi connectivity index (χ2v) is 7.74. The number of anilines is 2. The average molecular weight is 391 g/mol. The van der Waals surface area contributed by atoms with E-state index in [0.29, 0.717) is 23.8 Å². The first-order valence-electron chi connectivity index (χ1n) is 10.1. The van der Waals surface area contributed by atoms with Crippen LogP contribution >= 0.6 is 0 Å². The number of carbonyl (C=O) groups excluding carboxylic acids is 3. The topological polar surface area (TPSA) is 78.5 Å². The van der Waals surface area contributed by atoms with Gasteiger partial charge in [0, 0.05) is 35.9 Å². The van der Waals surface area contributed by atoms with Crippen LogP contribution in [0.3, 0.4) is 0 Å². The highest BCUT2D eigenvalue weighted by Crippen LogP contribution is 2.26. The third-order valence-electron chi connectivity index (χ3n) is 5.48. The SMILES string of the molecule is CCc1ccc(N2CC(C(=O)Nc3ccc(C(=O)NC4CC4)cc3)CC2=O)cc1. The van der Waals surface area contributed by atoms with Crippen LogP contribution in [0.5, 0.6) is 0 Å². The number of amides is 3. The van der Waals surface area contributed by atoms with Crippen LogP contribution in [0.15, 0.2) is 48.5 Å². The molecule has 1 heterocycles. The third-order valence-corrected chi connectivity index (χ3v) is 5.48. The van der Waals surface area contributed by atoms with Crippen LogP contribution in [0.4, 0.5) is 11.4 Å². The molecular formula is C23H25N3O3. The number of nitrogens with zero attached hydrogens (tertiary/aromatic N) is 1. The van der Waals surface area contributed by atoms with Gasteiger partial charge in [-0.3, -0.25) is 14.4 Å². The molecular weight excluding hydrogens is 366 g/mol. The molecule has 1 unspecified atom stereocenters. The fourth-order valence-electron chi connectivity index (χ4n) is 3.49. The normalized spacial score (nSPS) is 18.6. The lowest BCUT2D eigenvalue weighted by molar-refractivity contribution is -0.122. The van der Waals surface area contributed by atoms with Crippen molar-refractivity contribution in [1.82, 2.24) is 5.32 Å². The number of nitrogens with one attached hydrogen (secondary N) is 2. The van der Waals surface area contributed by atoms with Crippen LogP contribution in [0.25, 0.3) is 0 Å². The van der Waals surface area contributed by atoms with E-state index in [1.165, 1.54) is 5.56 Å². The molecule has 150 valence electrons. The Morgan fingerprint density at radius 2 is 1.72 bits per heavy atom. The van der Waals surface area contributed by atoms with Gasteiger partial charge in [-0.05, 0) is 61.2 Å². The van der Waals surface area contributed by atoms with Crippen LogP contribution in [-0.2, 0) is 16.0 Å². The largest absolute Gasteiger partial charge is 0.349 e. The highest BCUT2D eigenvalue weighted by atomic mass is 16.2. The summed E-state index contributed by atoms with van der Waals surface area (Å²) < 4.78 is 0. The van der Waals surface area contributed by atoms with E-state index >= 15 is 0 Å². The highest BCUT2D eigenvalue weighted by Gasteiger charge is 2.35. The zero-order valence-corrected chi connectivity index (χ0v) is 16.5. The Bertz CT molecular complexity index is 917. The minimum Gasteiger partial charge on any atom is -0.349 e. The molecule has 1 aliphatic carbocycles. The van der Waals surface area contributed by atoms with Crippen LogP contribution in [0.1, 0.15) is 42.1 Å².